The molecule has 1 fully saturated rings. The van der Waals surface area contributed by atoms with Gasteiger partial charge in [0.15, 0.2) is 12.0 Å². The number of halogens is 2. The normalized spacial score (nSPS) is 15.8. The van der Waals surface area contributed by atoms with Crippen molar-refractivity contribution in [3.63, 3.8) is 0 Å². The molecule has 2 amide bonds. The van der Waals surface area contributed by atoms with E-state index in [1.807, 2.05) is 29.3 Å². The number of hydrogen-bond donors (Lipinski definition) is 3. The van der Waals surface area contributed by atoms with Gasteiger partial charge >= 0.3 is 5.97 Å². The van der Waals surface area contributed by atoms with Gasteiger partial charge in [0.2, 0.25) is 5.96 Å². The number of nitrogens with zero attached hydrogens (tertiary/aromatic N) is 4. The highest BCUT2D eigenvalue weighted by Gasteiger charge is 2.33. The molecule has 0 unspecified atom stereocenters. The molecule has 2 aliphatic rings. The van der Waals surface area contributed by atoms with Gasteiger partial charge in [-0.15, -0.1) is 0 Å². The third kappa shape index (κ3) is 5.80. The Morgan fingerprint density at radius 3 is 2.59 bits per heavy atom. The molecule has 0 radical (unpaired) electrons. The molecular formula is C28H26Cl2N6O5. The van der Waals surface area contributed by atoms with Gasteiger partial charge in [0, 0.05) is 25.0 Å². The average Bonchev–Trinajstić information content (AvgIpc) is 3.59. The number of aliphatic imine (C=N–C) groups is 1. The summed E-state index contributed by atoms with van der Waals surface area (Å²) in [5.41, 5.74) is 1.49. The van der Waals surface area contributed by atoms with Crippen LogP contribution >= 0.6 is 23.2 Å². The average molecular weight is 597 g/mol. The molecule has 13 heteroatoms. The van der Waals surface area contributed by atoms with Crippen LogP contribution in [-0.4, -0.2) is 66.0 Å². The highest BCUT2D eigenvalue weighted by Crippen LogP contribution is 2.40. The fourth-order valence-electron chi connectivity index (χ4n) is 5.08. The second-order valence-electron chi connectivity index (χ2n) is 9.71. The molecular weight excluding hydrogens is 571 g/mol. The van der Waals surface area contributed by atoms with E-state index in [4.69, 9.17) is 32.9 Å². The Labute approximate surface area is 245 Å². The minimum atomic E-state index is -1.41. The number of amides is 2. The van der Waals surface area contributed by atoms with Gasteiger partial charge in [-0.05, 0) is 49.4 Å². The first-order valence-electron chi connectivity index (χ1n) is 13.1. The van der Waals surface area contributed by atoms with Crippen molar-refractivity contribution < 1.29 is 23.9 Å². The number of anilines is 1. The van der Waals surface area contributed by atoms with Gasteiger partial charge in [-0.25, -0.2) is 9.79 Å². The van der Waals surface area contributed by atoms with Gasteiger partial charge in [-0.3, -0.25) is 14.9 Å². The lowest BCUT2D eigenvalue weighted by Gasteiger charge is -2.28. The van der Waals surface area contributed by atoms with E-state index >= 15 is 0 Å². The van der Waals surface area contributed by atoms with Crippen LogP contribution in [0.2, 0.25) is 10.0 Å². The van der Waals surface area contributed by atoms with Crippen LogP contribution in [-0.2, 0) is 11.2 Å². The molecule has 3 N–H and O–H groups in total. The molecule has 41 heavy (non-hydrogen) atoms. The lowest BCUT2D eigenvalue weighted by molar-refractivity contribution is -0.138. The second-order valence-corrected chi connectivity index (χ2v) is 10.5. The van der Waals surface area contributed by atoms with Crippen molar-refractivity contribution >= 4 is 63.6 Å². The fourth-order valence-corrected chi connectivity index (χ4v) is 5.79. The molecule has 2 aliphatic heterocycles. The number of fused-ring (bicyclic) bond motifs is 2. The lowest BCUT2D eigenvalue weighted by Crippen LogP contribution is -2.46. The largest absolute Gasteiger partial charge is 0.480 e. The Kier molecular flexibility index (Phi) is 8.33. The van der Waals surface area contributed by atoms with Gasteiger partial charge in [-0.1, -0.05) is 41.4 Å². The zero-order valence-electron chi connectivity index (χ0n) is 21.8. The maximum absolute atomic E-state index is 13.3. The van der Waals surface area contributed by atoms with Crippen LogP contribution in [0.3, 0.4) is 0 Å². The van der Waals surface area contributed by atoms with Gasteiger partial charge in [0.25, 0.3) is 11.8 Å². The van der Waals surface area contributed by atoms with E-state index in [1.165, 1.54) is 11.0 Å². The highest BCUT2D eigenvalue weighted by molar-refractivity contribution is 6.41. The van der Waals surface area contributed by atoms with Gasteiger partial charge < -0.3 is 24.6 Å². The van der Waals surface area contributed by atoms with Crippen molar-refractivity contribution in [2.75, 3.05) is 31.1 Å². The van der Waals surface area contributed by atoms with Crippen molar-refractivity contribution in [1.29, 1.82) is 5.26 Å². The molecule has 0 aliphatic carbocycles. The third-order valence-corrected chi connectivity index (χ3v) is 7.85. The van der Waals surface area contributed by atoms with Crippen LogP contribution in [0.15, 0.2) is 45.8 Å². The number of carboxylic acid groups (broad SMARTS) is 1. The number of aliphatic carboxylic acids is 1. The Morgan fingerprint density at radius 2 is 1.88 bits per heavy atom. The summed E-state index contributed by atoms with van der Waals surface area (Å²) >= 11 is 13.1. The number of furan rings is 1. The number of carbonyl (C=O) groups is 3. The number of guanidine groups is 1. The van der Waals surface area contributed by atoms with Gasteiger partial charge in [-0.2, -0.15) is 5.26 Å². The van der Waals surface area contributed by atoms with Crippen molar-refractivity contribution in [1.82, 2.24) is 15.5 Å². The maximum atomic E-state index is 13.3. The topological polar surface area (TPSA) is 151 Å². The van der Waals surface area contributed by atoms with Crippen molar-refractivity contribution in [2.24, 2.45) is 4.99 Å². The quantitative estimate of drug-likeness (QED) is 0.167. The van der Waals surface area contributed by atoms with E-state index in [2.05, 4.69) is 15.6 Å². The van der Waals surface area contributed by atoms with E-state index in [9.17, 15) is 19.5 Å². The molecule has 5 rings (SSSR count). The van der Waals surface area contributed by atoms with Crippen LogP contribution in [0.25, 0.3) is 11.0 Å². The first-order valence-corrected chi connectivity index (χ1v) is 13.8. The molecule has 1 aromatic heterocycles. The van der Waals surface area contributed by atoms with E-state index < -0.39 is 17.9 Å². The van der Waals surface area contributed by atoms with Crippen molar-refractivity contribution in [3.8, 4) is 6.19 Å². The van der Waals surface area contributed by atoms with Crippen LogP contribution < -0.4 is 15.5 Å². The summed E-state index contributed by atoms with van der Waals surface area (Å²) < 4.78 is 5.73. The summed E-state index contributed by atoms with van der Waals surface area (Å²) in [6.07, 6.45) is 5.12. The minimum absolute atomic E-state index is 0.0386. The standard InChI is InChI=1S/C28H26Cl2N6O5/c29-18-13-20-17(8-11-36(20)26(38)22-12-16-6-2-3-7-21(16)41-22)24(30)23(18)25(37)34-19(27(39)40)14-32-28(33-15-31)35-9-4-1-5-10-35/h2-3,6-7,12-13,19H,1,4-5,8-11,14H2,(H,32,33)(H,34,37)(H,39,40)/t19-/m0/s1. The van der Waals surface area contributed by atoms with Crippen molar-refractivity contribution in [3.05, 3.63) is 63.3 Å². The summed E-state index contributed by atoms with van der Waals surface area (Å²) in [5.74, 6) is -2.06. The smallest absolute Gasteiger partial charge is 0.328 e. The Morgan fingerprint density at radius 1 is 1.12 bits per heavy atom. The molecule has 212 valence electrons. The van der Waals surface area contributed by atoms with E-state index in [-0.39, 0.29) is 39.8 Å². The molecule has 11 nitrogen and oxygen atoms in total. The molecule has 3 aromatic rings. The molecule has 0 saturated carbocycles. The number of para-hydroxylation sites is 1. The van der Waals surface area contributed by atoms with Crippen LogP contribution in [0, 0.1) is 11.5 Å². The SMILES string of the molecule is N#CNC(=NC[C@H](NC(=O)c1c(Cl)cc2c(c1Cl)CCN2C(=O)c1cc2ccccc2o1)C(=O)O)N1CCCCC1. The number of piperidine rings is 1. The number of nitriles is 1. The fraction of sp³-hybridized carbons (Fsp3) is 0.321. The molecule has 1 atom stereocenters. The van der Waals surface area contributed by atoms with Gasteiger partial charge in [0.05, 0.1) is 27.8 Å². The van der Waals surface area contributed by atoms with Gasteiger partial charge in [0.1, 0.15) is 11.6 Å². The van der Waals surface area contributed by atoms with E-state index in [0.29, 0.717) is 42.9 Å². The summed E-state index contributed by atoms with van der Waals surface area (Å²) in [7, 11) is 0. The number of likely N-dealkylation sites (tertiary alicyclic amines) is 1. The number of hydrogen-bond acceptors (Lipinski definition) is 6. The third-order valence-electron chi connectivity index (χ3n) is 7.13. The highest BCUT2D eigenvalue weighted by atomic mass is 35.5. The number of carboxylic acids is 1. The number of carbonyl (C=O) groups excluding carboxylic acids is 2. The number of benzene rings is 2. The Balaban J connectivity index is 1.35. The summed E-state index contributed by atoms with van der Waals surface area (Å²) in [6, 6.07) is 9.01. The first kappa shape index (κ1) is 28.3. The minimum Gasteiger partial charge on any atom is -0.480 e. The molecule has 2 aromatic carbocycles. The lowest BCUT2D eigenvalue weighted by atomic mass is 10.1. The first-order chi connectivity index (χ1) is 19.8. The Bertz CT molecular complexity index is 1560. The maximum Gasteiger partial charge on any atom is 0.328 e. The zero-order valence-corrected chi connectivity index (χ0v) is 23.3. The van der Waals surface area contributed by atoms with Crippen LogP contribution in [0.5, 0.6) is 0 Å². The van der Waals surface area contributed by atoms with E-state index in [0.717, 1.165) is 24.6 Å². The van der Waals surface area contributed by atoms with Crippen molar-refractivity contribution in [2.45, 2.75) is 31.7 Å². The predicted molar refractivity (Wildman–Crippen MR) is 153 cm³/mol. The molecule has 3 heterocycles. The second kappa shape index (κ2) is 12.1. The number of rotatable bonds is 6. The van der Waals surface area contributed by atoms with Crippen LogP contribution in [0.4, 0.5) is 5.69 Å². The number of nitrogens with one attached hydrogen (secondary N) is 2. The van der Waals surface area contributed by atoms with E-state index in [1.54, 1.807) is 12.1 Å². The predicted octanol–water partition coefficient (Wildman–Crippen LogP) is 4.04. The summed E-state index contributed by atoms with van der Waals surface area (Å²) in [5, 5.41) is 24.6. The van der Waals surface area contributed by atoms with Crippen LogP contribution in [0.1, 0.15) is 45.7 Å². The monoisotopic (exact) mass is 596 g/mol. The Hall–Kier alpha value is -4.27. The molecule has 0 spiro atoms. The molecule has 0 bridgehead atoms. The summed E-state index contributed by atoms with van der Waals surface area (Å²) in [4.78, 5) is 46.2. The molecule has 1 saturated heterocycles. The summed E-state index contributed by atoms with van der Waals surface area (Å²) in [6.45, 7) is 1.35. The zero-order chi connectivity index (χ0) is 29.1.